The molecule has 0 atom stereocenters. The van der Waals surface area contributed by atoms with Gasteiger partial charge in [-0.25, -0.2) is 8.79 Å². The summed E-state index contributed by atoms with van der Waals surface area (Å²) in [6, 6.07) is 12.1. The minimum absolute atomic E-state index is 0.0695. The molecule has 0 saturated heterocycles. The number of rotatable bonds is 2. The van der Waals surface area contributed by atoms with Crippen LogP contribution in [0.15, 0.2) is 42.5 Å². The molecular weight excluding hydrogens is 372 g/mol. The van der Waals surface area contributed by atoms with Crippen molar-refractivity contribution < 1.29 is 8.78 Å². The zero-order valence-corrected chi connectivity index (χ0v) is 15.9. The Hall–Kier alpha value is -3.53. The lowest BCUT2D eigenvalue weighted by molar-refractivity contribution is 0.531. The van der Waals surface area contributed by atoms with E-state index in [0.29, 0.717) is 11.3 Å². The number of benzene rings is 2. The molecule has 0 amide bonds. The van der Waals surface area contributed by atoms with Crippen LogP contribution in [-0.4, -0.2) is 26.6 Å². The standard InChI is InChI=1S/C22H17F2N5/c1-22(11-12-22)10-9-14-5-3-6-15(13-14)28(2)19-18-16(23)7-4-8-17(18)29-20(24)26-27-21(29)25-19/h3-8,13H,11-12H2,1-2H3. The lowest BCUT2D eigenvalue weighted by Gasteiger charge is -2.21. The average molecular weight is 389 g/mol. The van der Waals surface area contributed by atoms with Crippen LogP contribution in [-0.2, 0) is 0 Å². The summed E-state index contributed by atoms with van der Waals surface area (Å²) in [5.74, 6) is 6.45. The number of nitrogens with zero attached hydrogens (tertiary/aromatic N) is 5. The van der Waals surface area contributed by atoms with Crippen LogP contribution in [0.1, 0.15) is 25.3 Å². The predicted molar refractivity (Wildman–Crippen MR) is 107 cm³/mol. The van der Waals surface area contributed by atoms with E-state index in [9.17, 15) is 8.78 Å². The predicted octanol–water partition coefficient (Wildman–Crippen LogP) is 4.48. The summed E-state index contributed by atoms with van der Waals surface area (Å²) in [4.78, 5) is 6.14. The Morgan fingerprint density at radius 2 is 1.90 bits per heavy atom. The van der Waals surface area contributed by atoms with Crippen molar-refractivity contribution in [2.24, 2.45) is 5.41 Å². The third kappa shape index (κ3) is 2.97. The van der Waals surface area contributed by atoms with E-state index >= 15 is 0 Å². The monoisotopic (exact) mass is 389 g/mol. The Morgan fingerprint density at radius 1 is 1.10 bits per heavy atom. The normalized spacial score (nSPS) is 14.6. The molecule has 0 bridgehead atoms. The van der Waals surface area contributed by atoms with Gasteiger partial charge in [0.1, 0.15) is 11.6 Å². The van der Waals surface area contributed by atoms with E-state index < -0.39 is 11.9 Å². The van der Waals surface area contributed by atoms with E-state index in [1.54, 1.807) is 18.0 Å². The first-order valence-corrected chi connectivity index (χ1v) is 9.31. The molecule has 2 aromatic carbocycles. The maximum Gasteiger partial charge on any atom is 0.315 e. The first-order chi connectivity index (χ1) is 14.0. The molecule has 1 aliphatic rings. The van der Waals surface area contributed by atoms with Gasteiger partial charge < -0.3 is 4.90 Å². The molecule has 7 heteroatoms. The average Bonchev–Trinajstić information content (AvgIpc) is 3.35. The SMILES string of the molecule is CN(c1cccc(C#CC2(C)CC2)c1)c1nc2nnc(F)n2c2cccc(F)c12. The number of hydrogen-bond donors (Lipinski definition) is 0. The van der Waals surface area contributed by atoms with Crippen molar-refractivity contribution in [3.05, 3.63) is 59.9 Å². The molecule has 0 N–H and O–H groups in total. The summed E-state index contributed by atoms with van der Waals surface area (Å²) < 4.78 is 30.0. The second-order valence-corrected chi connectivity index (χ2v) is 7.59. The first kappa shape index (κ1) is 17.6. The zero-order valence-electron chi connectivity index (χ0n) is 15.9. The van der Waals surface area contributed by atoms with Gasteiger partial charge in [-0.2, -0.15) is 9.37 Å². The van der Waals surface area contributed by atoms with Crippen molar-refractivity contribution in [3.8, 4) is 11.8 Å². The van der Waals surface area contributed by atoms with E-state index in [1.165, 1.54) is 12.1 Å². The lowest BCUT2D eigenvalue weighted by Crippen LogP contribution is -2.14. The van der Waals surface area contributed by atoms with Crippen LogP contribution in [0, 0.1) is 29.2 Å². The molecule has 29 heavy (non-hydrogen) atoms. The van der Waals surface area contributed by atoms with E-state index in [0.717, 1.165) is 28.5 Å². The van der Waals surface area contributed by atoms with Crippen molar-refractivity contribution in [2.75, 3.05) is 11.9 Å². The van der Waals surface area contributed by atoms with Crippen molar-refractivity contribution in [1.82, 2.24) is 19.6 Å². The van der Waals surface area contributed by atoms with E-state index in [-0.39, 0.29) is 16.6 Å². The number of aromatic nitrogens is 4. The summed E-state index contributed by atoms with van der Waals surface area (Å²) in [6.45, 7) is 2.15. The molecule has 0 aliphatic heterocycles. The number of fused-ring (bicyclic) bond motifs is 3. The molecule has 0 spiro atoms. The molecule has 0 radical (unpaired) electrons. The summed E-state index contributed by atoms with van der Waals surface area (Å²) in [7, 11) is 1.78. The summed E-state index contributed by atoms with van der Waals surface area (Å²) in [5, 5.41) is 7.41. The van der Waals surface area contributed by atoms with Crippen LogP contribution in [0.3, 0.4) is 0 Å². The van der Waals surface area contributed by atoms with Gasteiger partial charge >= 0.3 is 6.08 Å². The molecule has 2 aromatic heterocycles. The van der Waals surface area contributed by atoms with Crippen molar-refractivity contribution >= 4 is 28.2 Å². The highest BCUT2D eigenvalue weighted by molar-refractivity contribution is 5.93. The number of halogens is 2. The fraction of sp³-hybridized carbons (Fsp3) is 0.227. The smallest absolute Gasteiger partial charge is 0.315 e. The van der Waals surface area contributed by atoms with Crippen LogP contribution in [0.2, 0.25) is 0 Å². The van der Waals surface area contributed by atoms with Crippen LogP contribution in [0.5, 0.6) is 0 Å². The van der Waals surface area contributed by atoms with Crippen molar-refractivity contribution in [1.29, 1.82) is 0 Å². The van der Waals surface area contributed by atoms with Gasteiger partial charge in [-0.05, 0) is 50.1 Å². The Labute approximate surface area is 166 Å². The van der Waals surface area contributed by atoms with Gasteiger partial charge in [0.05, 0.1) is 10.9 Å². The van der Waals surface area contributed by atoms with Gasteiger partial charge in [-0.3, -0.25) is 0 Å². The molecule has 5 rings (SSSR count). The van der Waals surface area contributed by atoms with Gasteiger partial charge in [0.25, 0.3) is 5.78 Å². The number of hydrogen-bond acceptors (Lipinski definition) is 4. The molecule has 1 aliphatic carbocycles. The third-order valence-electron chi connectivity index (χ3n) is 5.33. The van der Waals surface area contributed by atoms with Crippen LogP contribution in [0.25, 0.3) is 16.7 Å². The second kappa shape index (κ2) is 6.24. The van der Waals surface area contributed by atoms with Gasteiger partial charge in [0, 0.05) is 23.7 Å². The molecule has 5 nitrogen and oxygen atoms in total. The zero-order chi connectivity index (χ0) is 20.2. The molecule has 144 valence electrons. The first-order valence-electron chi connectivity index (χ1n) is 9.31. The maximum absolute atomic E-state index is 14.8. The fourth-order valence-electron chi connectivity index (χ4n) is 3.30. The van der Waals surface area contributed by atoms with E-state index in [2.05, 4.69) is 33.9 Å². The van der Waals surface area contributed by atoms with Crippen molar-refractivity contribution in [3.63, 3.8) is 0 Å². The summed E-state index contributed by atoms with van der Waals surface area (Å²) in [5.41, 5.74) is 2.11. The third-order valence-corrected chi connectivity index (χ3v) is 5.33. The van der Waals surface area contributed by atoms with Gasteiger partial charge in [-0.1, -0.05) is 29.1 Å². The molecule has 4 aromatic rings. The highest BCUT2D eigenvalue weighted by Gasteiger charge is 2.35. The van der Waals surface area contributed by atoms with Gasteiger partial charge in [0.2, 0.25) is 0 Å². The van der Waals surface area contributed by atoms with Gasteiger partial charge in [-0.15, -0.1) is 5.10 Å². The van der Waals surface area contributed by atoms with E-state index in [4.69, 9.17) is 0 Å². The maximum atomic E-state index is 14.8. The second-order valence-electron chi connectivity index (χ2n) is 7.59. The Morgan fingerprint density at radius 3 is 2.69 bits per heavy atom. The molecule has 2 heterocycles. The van der Waals surface area contributed by atoms with Crippen molar-refractivity contribution in [2.45, 2.75) is 19.8 Å². The highest BCUT2D eigenvalue weighted by atomic mass is 19.1. The molecule has 1 saturated carbocycles. The van der Waals surface area contributed by atoms with Crippen LogP contribution in [0.4, 0.5) is 20.3 Å². The topological polar surface area (TPSA) is 46.3 Å². The Balaban J connectivity index is 1.66. The molecular formula is C22H17F2N5. The Kier molecular flexibility index (Phi) is 3.78. The molecule has 1 fully saturated rings. The number of anilines is 2. The Bertz CT molecular complexity index is 1330. The largest absolute Gasteiger partial charge is 0.329 e. The van der Waals surface area contributed by atoms with Crippen LogP contribution < -0.4 is 4.90 Å². The fourth-order valence-corrected chi connectivity index (χ4v) is 3.30. The summed E-state index contributed by atoms with van der Waals surface area (Å²) >= 11 is 0. The minimum atomic E-state index is -0.830. The summed E-state index contributed by atoms with van der Waals surface area (Å²) in [6.07, 6.45) is 1.43. The van der Waals surface area contributed by atoms with Crippen LogP contribution >= 0.6 is 0 Å². The quantitative estimate of drug-likeness (QED) is 0.475. The lowest BCUT2D eigenvalue weighted by atomic mass is 10.1. The van der Waals surface area contributed by atoms with Gasteiger partial charge in [0.15, 0.2) is 0 Å². The molecule has 0 unspecified atom stereocenters. The minimum Gasteiger partial charge on any atom is -0.329 e. The van der Waals surface area contributed by atoms with E-state index in [1.807, 2.05) is 24.3 Å². The highest BCUT2D eigenvalue weighted by Crippen LogP contribution is 2.44.